The highest BCUT2D eigenvalue weighted by Gasteiger charge is 2.50. The van der Waals surface area contributed by atoms with Crippen molar-refractivity contribution < 1.29 is 10.2 Å². The van der Waals surface area contributed by atoms with Crippen LogP contribution in [-0.2, 0) is 0 Å². The predicted octanol–water partition coefficient (Wildman–Crippen LogP) is 6.51. The fraction of sp³-hybridized carbons (Fsp3) is 0.704. The maximum Gasteiger partial charge on any atom is 0.0784 e. The molecule has 0 aromatic rings. The molecule has 2 heteroatoms. The molecule has 29 heavy (non-hydrogen) atoms. The van der Waals surface area contributed by atoms with Gasteiger partial charge < -0.3 is 10.2 Å². The van der Waals surface area contributed by atoms with Gasteiger partial charge in [-0.1, -0.05) is 55.9 Å². The van der Waals surface area contributed by atoms with Crippen molar-refractivity contribution in [2.75, 3.05) is 0 Å². The lowest BCUT2D eigenvalue weighted by atomic mass is 9.61. The van der Waals surface area contributed by atoms with Crippen molar-refractivity contribution in [2.45, 2.75) is 97.2 Å². The summed E-state index contributed by atoms with van der Waals surface area (Å²) >= 11 is 0. The molecule has 0 saturated heterocycles. The van der Waals surface area contributed by atoms with Gasteiger partial charge in [-0.25, -0.2) is 0 Å². The molecular formula is C27H42O2. The quantitative estimate of drug-likeness (QED) is 0.518. The van der Waals surface area contributed by atoms with Gasteiger partial charge in [-0.3, -0.25) is 0 Å². The van der Waals surface area contributed by atoms with Gasteiger partial charge in [0.05, 0.1) is 11.7 Å². The Morgan fingerprint density at radius 2 is 1.97 bits per heavy atom. The molecule has 5 atom stereocenters. The van der Waals surface area contributed by atoms with E-state index < -0.39 is 5.60 Å². The zero-order chi connectivity index (χ0) is 21.2. The normalized spacial score (nSPS) is 37.4. The number of hydrogen-bond acceptors (Lipinski definition) is 2. The van der Waals surface area contributed by atoms with Crippen molar-refractivity contribution in [3.8, 4) is 0 Å². The van der Waals surface area contributed by atoms with Gasteiger partial charge >= 0.3 is 0 Å². The van der Waals surface area contributed by atoms with E-state index in [0.29, 0.717) is 17.3 Å². The lowest BCUT2D eigenvalue weighted by molar-refractivity contribution is 0.0832. The van der Waals surface area contributed by atoms with Crippen LogP contribution in [0.2, 0.25) is 0 Å². The SMILES string of the molecule is C=C1CC/C(=C/C=C2\CCC[C@@]3(C)C2CCC3[C@@H](C)/C=C/CC(C)(C)O)C[C@H]1O. The van der Waals surface area contributed by atoms with Gasteiger partial charge in [-0.15, -0.1) is 0 Å². The maximum atomic E-state index is 10.1. The molecule has 3 rings (SSSR count). The molecular weight excluding hydrogens is 356 g/mol. The minimum Gasteiger partial charge on any atom is -0.390 e. The highest BCUT2D eigenvalue weighted by atomic mass is 16.3. The molecule has 0 radical (unpaired) electrons. The van der Waals surface area contributed by atoms with Crippen molar-refractivity contribution in [1.82, 2.24) is 0 Å². The van der Waals surface area contributed by atoms with Gasteiger partial charge in [0.25, 0.3) is 0 Å². The first kappa shape index (κ1) is 22.6. The smallest absolute Gasteiger partial charge is 0.0784 e. The Hall–Kier alpha value is -1.12. The van der Waals surface area contributed by atoms with Crippen LogP contribution in [0.4, 0.5) is 0 Å². The standard InChI is InChI=1S/C27H42O2/c1-19(8-6-16-26(3,4)29)23-14-15-24-22(9-7-17-27(23,24)5)13-12-21-11-10-20(2)25(28)18-21/h6,8,12-13,19,23-25,28-29H,2,7,9-11,14-18H2,1,3-5H3/b8-6+,21-12-,22-13+/t19-,23?,24?,25+,27+/m0/s1. The molecule has 0 aromatic carbocycles. The van der Waals surface area contributed by atoms with Crippen LogP contribution in [0.3, 0.4) is 0 Å². The van der Waals surface area contributed by atoms with Crippen molar-refractivity contribution in [1.29, 1.82) is 0 Å². The molecule has 3 saturated carbocycles. The van der Waals surface area contributed by atoms with Crippen LogP contribution in [0.25, 0.3) is 0 Å². The minimum atomic E-state index is -0.619. The van der Waals surface area contributed by atoms with E-state index in [9.17, 15) is 10.2 Å². The topological polar surface area (TPSA) is 40.5 Å². The number of hydrogen-bond donors (Lipinski definition) is 2. The van der Waals surface area contributed by atoms with Crippen LogP contribution in [0, 0.1) is 23.2 Å². The van der Waals surface area contributed by atoms with Gasteiger partial charge in [0.15, 0.2) is 0 Å². The Bertz CT molecular complexity index is 690. The average molecular weight is 399 g/mol. The van der Waals surface area contributed by atoms with Crippen molar-refractivity contribution >= 4 is 0 Å². The highest BCUT2D eigenvalue weighted by Crippen LogP contribution is 2.59. The Labute approximate surface area is 178 Å². The zero-order valence-electron chi connectivity index (χ0n) is 19.1. The van der Waals surface area contributed by atoms with Gasteiger partial charge in [-0.05, 0) is 100 Å². The van der Waals surface area contributed by atoms with E-state index in [1.165, 1.54) is 37.7 Å². The lowest BCUT2D eigenvalue weighted by Gasteiger charge is -2.44. The van der Waals surface area contributed by atoms with Crippen LogP contribution in [0.5, 0.6) is 0 Å². The minimum absolute atomic E-state index is 0.350. The van der Waals surface area contributed by atoms with E-state index in [4.69, 9.17) is 0 Å². The van der Waals surface area contributed by atoms with E-state index in [1.54, 1.807) is 5.57 Å². The number of aliphatic hydroxyl groups is 2. The molecule has 3 aliphatic rings. The first-order chi connectivity index (χ1) is 13.6. The largest absolute Gasteiger partial charge is 0.390 e. The van der Waals surface area contributed by atoms with E-state index >= 15 is 0 Å². The van der Waals surface area contributed by atoms with Crippen LogP contribution < -0.4 is 0 Å². The first-order valence-corrected chi connectivity index (χ1v) is 11.7. The Kier molecular flexibility index (Phi) is 6.95. The number of fused-ring (bicyclic) bond motifs is 1. The zero-order valence-corrected chi connectivity index (χ0v) is 19.1. The summed E-state index contributed by atoms with van der Waals surface area (Å²) in [5.41, 5.74) is 3.78. The molecule has 0 aliphatic heterocycles. The number of rotatable bonds is 5. The van der Waals surface area contributed by atoms with E-state index in [-0.39, 0.29) is 6.10 Å². The molecule has 3 aliphatic carbocycles. The fourth-order valence-electron chi connectivity index (χ4n) is 6.21. The molecule has 3 fully saturated rings. The summed E-state index contributed by atoms with van der Waals surface area (Å²) in [5.74, 6) is 1.98. The second-order valence-corrected chi connectivity index (χ2v) is 10.8. The Balaban J connectivity index is 1.70. The molecule has 162 valence electrons. The third-order valence-corrected chi connectivity index (χ3v) is 7.96. The molecule has 2 unspecified atom stereocenters. The lowest BCUT2D eigenvalue weighted by Crippen LogP contribution is -2.35. The average Bonchev–Trinajstić information content (AvgIpc) is 2.99. The first-order valence-electron chi connectivity index (χ1n) is 11.7. The van der Waals surface area contributed by atoms with Crippen LogP contribution in [0.15, 0.2) is 47.6 Å². The molecule has 0 aromatic heterocycles. The van der Waals surface area contributed by atoms with Crippen LogP contribution in [0.1, 0.15) is 85.5 Å². The molecule has 0 amide bonds. The van der Waals surface area contributed by atoms with E-state index in [2.05, 4.69) is 44.7 Å². The third-order valence-electron chi connectivity index (χ3n) is 7.96. The predicted molar refractivity (Wildman–Crippen MR) is 123 cm³/mol. The maximum absolute atomic E-state index is 10.1. The fourth-order valence-corrected chi connectivity index (χ4v) is 6.21. The molecule has 0 bridgehead atoms. The van der Waals surface area contributed by atoms with Gasteiger partial charge in [-0.2, -0.15) is 0 Å². The summed E-state index contributed by atoms with van der Waals surface area (Å²) in [6.45, 7) is 12.6. The molecule has 2 N–H and O–H groups in total. The molecule has 0 spiro atoms. The summed E-state index contributed by atoms with van der Waals surface area (Å²) in [6.07, 6.45) is 18.8. The highest BCUT2D eigenvalue weighted by molar-refractivity contribution is 5.28. The van der Waals surface area contributed by atoms with Crippen LogP contribution in [-0.4, -0.2) is 21.9 Å². The van der Waals surface area contributed by atoms with Gasteiger partial charge in [0, 0.05) is 0 Å². The summed E-state index contributed by atoms with van der Waals surface area (Å²) < 4.78 is 0. The van der Waals surface area contributed by atoms with Crippen molar-refractivity contribution in [3.63, 3.8) is 0 Å². The van der Waals surface area contributed by atoms with Gasteiger partial charge in [0.2, 0.25) is 0 Å². The third kappa shape index (κ3) is 5.33. The second-order valence-electron chi connectivity index (χ2n) is 10.8. The van der Waals surface area contributed by atoms with E-state index in [0.717, 1.165) is 37.2 Å². The van der Waals surface area contributed by atoms with Crippen molar-refractivity contribution in [2.24, 2.45) is 23.2 Å². The Morgan fingerprint density at radius 3 is 2.66 bits per heavy atom. The number of allylic oxidation sites excluding steroid dienone is 4. The van der Waals surface area contributed by atoms with Crippen molar-refractivity contribution in [3.05, 3.63) is 47.6 Å². The Morgan fingerprint density at radius 1 is 1.21 bits per heavy atom. The molecule has 2 nitrogen and oxygen atoms in total. The van der Waals surface area contributed by atoms with Gasteiger partial charge in [0.1, 0.15) is 0 Å². The monoisotopic (exact) mass is 398 g/mol. The van der Waals surface area contributed by atoms with E-state index in [1.807, 2.05) is 13.8 Å². The number of aliphatic hydroxyl groups excluding tert-OH is 1. The summed E-state index contributed by atoms with van der Waals surface area (Å²) in [4.78, 5) is 0. The second kappa shape index (κ2) is 8.94. The summed E-state index contributed by atoms with van der Waals surface area (Å²) in [6, 6.07) is 0. The van der Waals surface area contributed by atoms with Crippen LogP contribution >= 0.6 is 0 Å². The molecule has 0 heterocycles. The summed E-state index contributed by atoms with van der Waals surface area (Å²) in [7, 11) is 0. The summed E-state index contributed by atoms with van der Waals surface area (Å²) in [5, 5.41) is 20.1.